The molecule has 142 valence electrons. The van der Waals surface area contributed by atoms with E-state index in [1.807, 2.05) is 6.07 Å². The zero-order valence-electron chi connectivity index (χ0n) is 16.3. The maximum Gasteiger partial charge on any atom is 0.0853 e. The van der Waals surface area contributed by atoms with Crippen LogP contribution in [0.1, 0.15) is 35.4 Å². The summed E-state index contributed by atoms with van der Waals surface area (Å²) in [5.41, 5.74) is 4.14. The summed E-state index contributed by atoms with van der Waals surface area (Å²) in [6.07, 6.45) is 4.46. The summed E-state index contributed by atoms with van der Waals surface area (Å²) in [7, 11) is 0. The maximum atomic E-state index is 4.65. The van der Waals surface area contributed by atoms with Crippen molar-refractivity contribution in [2.75, 3.05) is 13.1 Å². The van der Waals surface area contributed by atoms with Gasteiger partial charge in [0.15, 0.2) is 0 Å². The Labute approximate surface area is 168 Å². The van der Waals surface area contributed by atoms with Gasteiger partial charge in [-0.05, 0) is 35.4 Å². The topological polar surface area (TPSA) is 15.6 Å². The van der Waals surface area contributed by atoms with Crippen LogP contribution in [0.15, 0.2) is 96.0 Å². The molecule has 0 aromatic heterocycles. The van der Waals surface area contributed by atoms with Gasteiger partial charge in [0, 0.05) is 19.0 Å². The van der Waals surface area contributed by atoms with Crippen LogP contribution in [0.2, 0.25) is 0 Å². The van der Waals surface area contributed by atoms with Gasteiger partial charge in [0.2, 0.25) is 0 Å². The Hall–Kier alpha value is -2.87. The molecule has 0 aliphatic carbocycles. The first-order chi connectivity index (χ1) is 13.9. The molecule has 2 heteroatoms. The van der Waals surface area contributed by atoms with Crippen molar-refractivity contribution < 1.29 is 0 Å². The fourth-order valence-electron chi connectivity index (χ4n) is 4.27. The Kier molecular flexibility index (Phi) is 6.18. The van der Waals surface area contributed by atoms with E-state index in [9.17, 15) is 0 Å². The summed E-state index contributed by atoms with van der Waals surface area (Å²) in [4.78, 5) is 7.03. The molecule has 3 aromatic rings. The van der Waals surface area contributed by atoms with E-state index in [2.05, 4.69) is 101 Å². The van der Waals surface area contributed by atoms with Crippen LogP contribution in [0.3, 0.4) is 0 Å². The SMILES string of the molecule is C(=NCc1ccccc1)N1CCC(C(c2ccccc2)c2ccccc2)CC1. The van der Waals surface area contributed by atoms with Crippen molar-refractivity contribution in [2.45, 2.75) is 25.3 Å². The van der Waals surface area contributed by atoms with Crippen LogP contribution in [0, 0.1) is 5.92 Å². The molecule has 28 heavy (non-hydrogen) atoms. The van der Waals surface area contributed by atoms with Gasteiger partial charge < -0.3 is 4.90 Å². The molecule has 1 heterocycles. The highest BCUT2D eigenvalue weighted by atomic mass is 15.1. The van der Waals surface area contributed by atoms with Crippen molar-refractivity contribution in [3.05, 3.63) is 108 Å². The number of likely N-dealkylation sites (tertiary alicyclic amines) is 1. The van der Waals surface area contributed by atoms with E-state index in [0.29, 0.717) is 11.8 Å². The van der Waals surface area contributed by atoms with E-state index in [1.54, 1.807) is 0 Å². The Morgan fingerprint density at radius 1 is 0.750 bits per heavy atom. The second-order valence-corrected chi connectivity index (χ2v) is 7.61. The summed E-state index contributed by atoms with van der Waals surface area (Å²) >= 11 is 0. The molecule has 1 fully saturated rings. The van der Waals surface area contributed by atoms with Gasteiger partial charge in [0.05, 0.1) is 12.9 Å². The number of aliphatic imine (C=N–C) groups is 1. The van der Waals surface area contributed by atoms with Crippen LogP contribution in [-0.4, -0.2) is 24.3 Å². The number of nitrogens with zero attached hydrogens (tertiary/aromatic N) is 2. The Bertz CT molecular complexity index is 811. The van der Waals surface area contributed by atoms with Crippen LogP contribution in [0.4, 0.5) is 0 Å². The molecular weight excluding hydrogens is 340 g/mol. The summed E-state index contributed by atoms with van der Waals surface area (Å²) in [5, 5.41) is 0. The number of piperidine rings is 1. The van der Waals surface area contributed by atoms with Crippen molar-refractivity contribution in [2.24, 2.45) is 10.9 Å². The average Bonchev–Trinajstić information content (AvgIpc) is 2.77. The van der Waals surface area contributed by atoms with Crippen molar-refractivity contribution in [1.82, 2.24) is 4.90 Å². The quantitative estimate of drug-likeness (QED) is 0.399. The number of rotatable bonds is 6. The lowest BCUT2D eigenvalue weighted by molar-refractivity contribution is 0.254. The van der Waals surface area contributed by atoms with Crippen molar-refractivity contribution in [3.8, 4) is 0 Å². The number of hydrogen-bond donors (Lipinski definition) is 0. The lowest BCUT2D eigenvalue weighted by Crippen LogP contribution is -2.35. The summed E-state index contributed by atoms with van der Waals surface area (Å²) in [6, 6.07) is 32.5. The molecule has 0 amide bonds. The van der Waals surface area contributed by atoms with Gasteiger partial charge >= 0.3 is 0 Å². The molecule has 0 unspecified atom stereocenters. The lowest BCUT2D eigenvalue weighted by atomic mass is 9.76. The predicted octanol–water partition coefficient (Wildman–Crippen LogP) is 5.76. The molecule has 2 nitrogen and oxygen atoms in total. The lowest BCUT2D eigenvalue weighted by Gasteiger charge is -2.36. The monoisotopic (exact) mass is 368 g/mol. The second-order valence-electron chi connectivity index (χ2n) is 7.61. The fourth-order valence-corrected chi connectivity index (χ4v) is 4.27. The van der Waals surface area contributed by atoms with E-state index < -0.39 is 0 Å². The standard InChI is InChI=1S/C26H28N2/c1-4-10-22(11-5-1)20-27-21-28-18-16-25(17-19-28)26(23-12-6-2-7-13-23)24-14-8-3-9-15-24/h1-15,21,25-26H,16-20H2. The molecule has 0 radical (unpaired) electrons. The maximum absolute atomic E-state index is 4.65. The van der Waals surface area contributed by atoms with Gasteiger partial charge in [-0.2, -0.15) is 0 Å². The molecule has 0 N–H and O–H groups in total. The van der Waals surface area contributed by atoms with E-state index >= 15 is 0 Å². The Balaban J connectivity index is 1.40. The predicted molar refractivity (Wildman–Crippen MR) is 118 cm³/mol. The minimum absolute atomic E-state index is 0.478. The Morgan fingerprint density at radius 2 is 1.25 bits per heavy atom. The van der Waals surface area contributed by atoms with Gasteiger partial charge in [-0.25, -0.2) is 0 Å². The molecule has 0 atom stereocenters. The third kappa shape index (κ3) is 4.69. The molecular formula is C26H28N2. The molecule has 1 saturated heterocycles. The van der Waals surface area contributed by atoms with Crippen molar-refractivity contribution in [3.63, 3.8) is 0 Å². The van der Waals surface area contributed by atoms with Gasteiger partial charge in [-0.15, -0.1) is 0 Å². The highest BCUT2D eigenvalue weighted by Crippen LogP contribution is 2.37. The van der Waals surface area contributed by atoms with Gasteiger partial charge in [-0.3, -0.25) is 4.99 Å². The molecule has 0 bridgehead atoms. The first-order valence-corrected chi connectivity index (χ1v) is 10.3. The van der Waals surface area contributed by atoms with E-state index in [1.165, 1.54) is 29.5 Å². The second kappa shape index (κ2) is 9.36. The van der Waals surface area contributed by atoms with Crippen LogP contribution < -0.4 is 0 Å². The zero-order chi connectivity index (χ0) is 19.0. The van der Waals surface area contributed by atoms with Crippen LogP contribution in [0.5, 0.6) is 0 Å². The fraction of sp³-hybridized carbons (Fsp3) is 0.269. The van der Waals surface area contributed by atoms with E-state index in [-0.39, 0.29) is 0 Å². The zero-order valence-corrected chi connectivity index (χ0v) is 16.3. The average molecular weight is 369 g/mol. The molecule has 1 aliphatic rings. The Morgan fingerprint density at radius 3 is 1.79 bits per heavy atom. The normalized spacial score (nSPS) is 15.4. The molecule has 0 saturated carbocycles. The minimum Gasteiger partial charge on any atom is -0.363 e. The van der Waals surface area contributed by atoms with Crippen molar-refractivity contribution in [1.29, 1.82) is 0 Å². The highest BCUT2D eigenvalue weighted by Gasteiger charge is 2.28. The smallest absolute Gasteiger partial charge is 0.0853 e. The number of benzene rings is 3. The number of hydrogen-bond acceptors (Lipinski definition) is 1. The minimum atomic E-state index is 0.478. The van der Waals surface area contributed by atoms with Gasteiger partial charge in [0.25, 0.3) is 0 Å². The molecule has 3 aromatic carbocycles. The third-order valence-electron chi connectivity index (χ3n) is 5.72. The van der Waals surface area contributed by atoms with Crippen molar-refractivity contribution >= 4 is 6.34 Å². The summed E-state index contributed by atoms with van der Waals surface area (Å²) in [5.74, 6) is 1.15. The van der Waals surface area contributed by atoms with E-state index in [4.69, 9.17) is 0 Å². The largest absolute Gasteiger partial charge is 0.363 e. The van der Waals surface area contributed by atoms with E-state index in [0.717, 1.165) is 19.6 Å². The van der Waals surface area contributed by atoms with Crippen LogP contribution in [-0.2, 0) is 6.54 Å². The molecule has 1 aliphatic heterocycles. The highest BCUT2D eigenvalue weighted by molar-refractivity contribution is 5.55. The van der Waals surface area contributed by atoms with Gasteiger partial charge in [0.1, 0.15) is 0 Å². The molecule has 4 rings (SSSR count). The first-order valence-electron chi connectivity index (χ1n) is 10.3. The molecule has 0 spiro atoms. The van der Waals surface area contributed by atoms with Gasteiger partial charge in [-0.1, -0.05) is 91.0 Å². The van der Waals surface area contributed by atoms with Crippen LogP contribution >= 0.6 is 0 Å². The first kappa shape index (κ1) is 18.5. The van der Waals surface area contributed by atoms with Crippen LogP contribution in [0.25, 0.3) is 0 Å². The summed E-state index contributed by atoms with van der Waals surface area (Å²) in [6.45, 7) is 2.93. The summed E-state index contributed by atoms with van der Waals surface area (Å²) < 4.78 is 0. The third-order valence-corrected chi connectivity index (χ3v) is 5.72.